The topological polar surface area (TPSA) is 82.6 Å². The number of fused-ring (bicyclic) bond motifs is 3. The first kappa shape index (κ1) is 42.3. The van der Waals surface area contributed by atoms with Crippen LogP contribution in [0.4, 0.5) is 0 Å². The highest BCUT2D eigenvalue weighted by atomic mass is 15.3. The van der Waals surface area contributed by atoms with Crippen molar-refractivity contribution in [2.75, 3.05) is 0 Å². The van der Waals surface area contributed by atoms with Crippen LogP contribution in [-0.2, 0) is 69.2 Å². The molecule has 0 atom stereocenters. The Morgan fingerprint density at radius 2 is 0.933 bits per heavy atom. The molecular formula is C48H56N12+8. The van der Waals surface area contributed by atoms with Crippen molar-refractivity contribution >= 4 is 12.2 Å². The molecular weight excluding hydrogens is 745 g/mol. The van der Waals surface area contributed by atoms with E-state index in [9.17, 15) is 0 Å². The van der Waals surface area contributed by atoms with Crippen LogP contribution in [0.3, 0.4) is 0 Å². The van der Waals surface area contributed by atoms with Gasteiger partial charge in [0.15, 0.2) is 62.0 Å². The Bertz CT molecular complexity index is 2460. The van der Waals surface area contributed by atoms with Crippen molar-refractivity contribution in [1.29, 1.82) is 0 Å². The van der Waals surface area contributed by atoms with E-state index in [2.05, 4.69) is 117 Å². The summed E-state index contributed by atoms with van der Waals surface area (Å²) in [5.41, 5.74) is 11.2. The second-order valence-corrected chi connectivity index (χ2v) is 14.7. The van der Waals surface area contributed by atoms with Crippen molar-refractivity contribution < 1.29 is 36.7 Å². The second-order valence-electron chi connectivity index (χ2n) is 14.7. The highest BCUT2D eigenvalue weighted by molar-refractivity contribution is 5.68. The van der Waals surface area contributed by atoms with E-state index in [0.29, 0.717) is 0 Å². The number of nitrogens with zero attached hydrogens (tertiary/aromatic N) is 12. The smallest absolute Gasteiger partial charge is 0.251 e. The first-order valence-corrected chi connectivity index (χ1v) is 19.8. The summed E-state index contributed by atoms with van der Waals surface area (Å²) in [7, 11) is 16.2. The highest BCUT2D eigenvalue weighted by Gasteiger charge is 2.31. The summed E-state index contributed by atoms with van der Waals surface area (Å²) >= 11 is 0. The molecule has 0 unspecified atom stereocenters. The van der Waals surface area contributed by atoms with E-state index in [4.69, 9.17) is 0 Å². The summed E-state index contributed by atoms with van der Waals surface area (Å²) in [6.45, 7) is 0. The quantitative estimate of drug-likeness (QED) is 0.256. The molecule has 0 saturated heterocycles. The minimum Gasteiger partial charge on any atom is -0.251 e. The van der Waals surface area contributed by atoms with Gasteiger partial charge in [-0.05, 0) is 60.3 Å². The van der Waals surface area contributed by atoms with Gasteiger partial charge in [-0.15, -0.1) is 4.68 Å². The number of pyridine rings is 5. The SMILES string of the molecule is C[n+]1cccc(/C=C\c2ccc[n+](C)c2)c1.C[n+]1cccc2c1-c1c(ccc[n+]1C)CC2.C[n+]1ccccc1-c1nccn[n+]1C.C[n+]1ccncc1-c1cncc[n+]1C. The molecule has 0 fully saturated rings. The average molecular weight is 801 g/mol. The van der Waals surface area contributed by atoms with E-state index in [0.717, 1.165) is 35.7 Å². The maximum atomic E-state index is 4.29. The normalized spacial score (nSPS) is 11.1. The lowest BCUT2D eigenvalue weighted by atomic mass is 9.92. The van der Waals surface area contributed by atoms with Crippen LogP contribution in [0.5, 0.6) is 0 Å². The van der Waals surface area contributed by atoms with Crippen molar-refractivity contribution in [2.45, 2.75) is 12.8 Å². The molecule has 0 amide bonds. The van der Waals surface area contributed by atoms with Gasteiger partial charge >= 0.3 is 11.5 Å². The van der Waals surface area contributed by atoms with E-state index in [1.165, 1.54) is 33.6 Å². The third kappa shape index (κ3) is 11.0. The molecule has 300 valence electrons. The van der Waals surface area contributed by atoms with Crippen molar-refractivity contribution in [2.24, 2.45) is 56.4 Å². The predicted octanol–water partition coefficient (Wildman–Crippen LogP) is 2.19. The molecule has 9 rings (SSSR count). The predicted molar refractivity (Wildman–Crippen MR) is 225 cm³/mol. The fraction of sp³-hybridized carbons (Fsp3) is 0.208. The number of aryl methyl sites for hydroxylation is 10. The summed E-state index contributed by atoms with van der Waals surface area (Å²) < 4.78 is 16.4. The van der Waals surface area contributed by atoms with E-state index in [1.54, 1.807) is 29.5 Å². The van der Waals surface area contributed by atoms with Gasteiger partial charge in [0.1, 0.15) is 75.0 Å². The van der Waals surface area contributed by atoms with Crippen LogP contribution in [0.25, 0.3) is 46.4 Å². The van der Waals surface area contributed by atoms with Gasteiger partial charge in [-0.3, -0.25) is 9.97 Å². The number of hydrogen-bond acceptors (Lipinski definition) is 4. The Labute approximate surface area is 353 Å². The van der Waals surface area contributed by atoms with Crippen LogP contribution in [-0.4, -0.2) is 20.1 Å². The minimum atomic E-state index is 0.857. The molecule has 8 aromatic heterocycles. The lowest BCUT2D eigenvalue weighted by Crippen LogP contribution is -2.41. The largest absolute Gasteiger partial charge is 0.415 e. The highest BCUT2D eigenvalue weighted by Crippen LogP contribution is 2.27. The van der Waals surface area contributed by atoms with Crippen molar-refractivity contribution in [3.05, 3.63) is 182 Å². The molecule has 8 aromatic rings. The number of aromatic nitrogens is 12. The summed E-state index contributed by atoms with van der Waals surface area (Å²) in [5.74, 6) is 0.857. The molecule has 12 nitrogen and oxygen atoms in total. The Balaban J connectivity index is 0.000000134. The first-order valence-electron chi connectivity index (χ1n) is 19.8. The van der Waals surface area contributed by atoms with Gasteiger partial charge in [0, 0.05) is 58.7 Å². The average Bonchev–Trinajstić information content (AvgIpc) is 3.25. The third-order valence-electron chi connectivity index (χ3n) is 10.1. The van der Waals surface area contributed by atoms with Crippen LogP contribution < -0.4 is 36.7 Å². The summed E-state index contributed by atoms with van der Waals surface area (Å²) in [6.07, 6.45) is 35.4. The number of hydrogen-bond donors (Lipinski definition) is 0. The standard InChI is InChI=1S/2C14H16N2.2C10H12N4/c1-15-9-3-5-11-7-8-12-6-4-10-16(2)14(12)13(11)15;1-15-9-3-5-13(11-15)7-8-14-6-4-10-16(2)12-14;1-13-5-3-11-7-9(13)10-8-12-4-6-14(10)2;1-13-8-4-3-5-9(13)10-11-6-7-12-14(10)2/h3-6,9-10H,7-8H2,1-2H3;3-12H,1-2H3;2*3-8H,1-2H3/q4*+2/b;8-7-;;. The fourth-order valence-corrected chi connectivity index (χ4v) is 6.96. The van der Waals surface area contributed by atoms with Crippen LogP contribution in [0.15, 0.2) is 160 Å². The lowest BCUT2D eigenvalue weighted by Gasteiger charge is -2.13. The molecule has 0 radical (unpaired) electrons. The Morgan fingerprint density at radius 1 is 0.450 bits per heavy atom. The number of rotatable bonds is 4. The van der Waals surface area contributed by atoms with E-state index < -0.39 is 0 Å². The monoisotopic (exact) mass is 800 g/mol. The van der Waals surface area contributed by atoms with Crippen molar-refractivity contribution in [3.8, 4) is 34.3 Å². The van der Waals surface area contributed by atoms with Crippen LogP contribution in [0.1, 0.15) is 22.3 Å². The van der Waals surface area contributed by atoms with Gasteiger partial charge in [0.05, 0.1) is 12.4 Å². The maximum absolute atomic E-state index is 4.29. The molecule has 0 aromatic carbocycles. The first-order chi connectivity index (χ1) is 29.1. The van der Waals surface area contributed by atoms with Crippen LogP contribution in [0.2, 0.25) is 0 Å². The molecule has 8 heterocycles. The third-order valence-corrected chi connectivity index (χ3v) is 10.1. The Hall–Kier alpha value is -7.34. The van der Waals surface area contributed by atoms with E-state index in [-0.39, 0.29) is 0 Å². The minimum absolute atomic E-state index is 0.857. The molecule has 1 aliphatic carbocycles. The van der Waals surface area contributed by atoms with Gasteiger partial charge in [0.25, 0.3) is 22.8 Å². The second kappa shape index (κ2) is 20.4. The maximum Gasteiger partial charge on any atom is 0.415 e. The zero-order valence-electron chi connectivity index (χ0n) is 35.9. The molecule has 12 heteroatoms. The summed E-state index contributed by atoms with van der Waals surface area (Å²) in [4.78, 5) is 12.5. The Kier molecular flexibility index (Phi) is 14.4. The molecule has 0 N–H and O–H groups in total. The van der Waals surface area contributed by atoms with Crippen molar-refractivity contribution in [3.63, 3.8) is 0 Å². The van der Waals surface area contributed by atoms with E-state index >= 15 is 0 Å². The summed E-state index contributed by atoms with van der Waals surface area (Å²) in [5, 5.41) is 4.14. The fourth-order valence-electron chi connectivity index (χ4n) is 6.96. The summed E-state index contributed by atoms with van der Waals surface area (Å²) in [6, 6.07) is 23.0. The zero-order valence-corrected chi connectivity index (χ0v) is 35.9. The Morgan fingerprint density at radius 3 is 1.40 bits per heavy atom. The molecule has 0 bridgehead atoms. The molecule has 0 saturated carbocycles. The van der Waals surface area contributed by atoms with Gasteiger partial charge in [-0.1, -0.05) is 5.10 Å². The molecule has 0 aliphatic heterocycles. The molecule has 0 spiro atoms. The van der Waals surface area contributed by atoms with Gasteiger partial charge in [-0.2, -0.15) is 22.8 Å². The van der Waals surface area contributed by atoms with Crippen LogP contribution in [0, 0.1) is 0 Å². The van der Waals surface area contributed by atoms with Crippen molar-refractivity contribution in [1.82, 2.24) is 20.1 Å². The van der Waals surface area contributed by atoms with E-state index in [1.807, 2.05) is 139 Å². The van der Waals surface area contributed by atoms with Gasteiger partial charge in [-0.25, -0.2) is 9.13 Å². The lowest BCUT2D eigenvalue weighted by molar-refractivity contribution is -0.734. The van der Waals surface area contributed by atoms with Crippen LogP contribution >= 0.6 is 0 Å². The molecule has 1 aliphatic rings. The van der Waals surface area contributed by atoms with Gasteiger partial charge < -0.3 is 0 Å². The molecule has 60 heavy (non-hydrogen) atoms. The zero-order chi connectivity index (χ0) is 42.4. The van der Waals surface area contributed by atoms with Gasteiger partial charge in [0.2, 0.25) is 0 Å².